The van der Waals surface area contributed by atoms with Crippen LogP contribution in [-0.4, -0.2) is 36.9 Å². The van der Waals surface area contributed by atoms with E-state index in [1.165, 1.54) is 4.57 Å². The minimum absolute atomic E-state index is 0.129. The van der Waals surface area contributed by atoms with Gasteiger partial charge in [0.15, 0.2) is 9.84 Å². The minimum atomic E-state index is -3.27. The van der Waals surface area contributed by atoms with Crippen LogP contribution in [0.4, 0.5) is 0 Å². The van der Waals surface area contributed by atoms with E-state index in [4.69, 9.17) is 0 Å². The zero-order valence-electron chi connectivity index (χ0n) is 11.9. The predicted molar refractivity (Wildman–Crippen MR) is 82.2 cm³/mol. The lowest BCUT2D eigenvalue weighted by molar-refractivity contribution is 0.365. The van der Waals surface area contributed by atoms with Crippen molar-refractivity contribution in [2.24, 2.45) is 0 Å². The molecule has 0 amide bonds. The van der Waals surface area contributed by atoms with Crippen LogP contribution in [0.15, 0.2) is 29.1 Å². The summed E-state index contributed by atoms with van der Waals surface area (Å²) in [6.07, 6.45) is 2.91. The number of para-hydroxylation sites is 2. The summed E-state index contributed by atoms with van der Waals surface area (Å²) in [7, 11) is -3.27. The number of hydrogen-bond acceptors (Lipinski definition) is 4. The van der Waals surface area contributed by atoms with Gasteiger partial charge < -0.3 is 5.32 Å². The average molecular weight is 309 g/mol. The summed E-state index contributed by atoms with van der Waals surface area (Å²) in [4.78, 5) is 12.7. The maximum Gasteiger partial charge on any atom is 0.330 e. The first-order valence-corrected chi connectivity index (χ1v) is 9.11. The molecule has 1 fully saturated rings. The molecular weight excluding hydrogens is 290 g/mol. The Morgan fingerprint density at radius 3 is 2.43 bits per heavy atom. The molecule has 0 radical (unpaired) electrons. The summed E-state index contributed by atoms with van der Waals surface area (Å²) in [5.41, 5.74) is 1.28. The predicted octanol–water partition coefficient (Wildman–Crippen LogP) is 0.730. The van der Waals surface area contributed by atoms with Gasteiger partial charge in [-0.15, -0.1) is 0 Å². The monoisotopic (exact) mass is 309 g/mol. The number of nitrogens with one attached hydrogen (secondary N) is 1. The molecule has 0 aliphatic carbocycles. The third-order valence-electron chi connectivity index (χ3n) is 3.91. The van der Waals surface area contributed by atoms with E-state index in [0.717, 1.165) is 37.7 Å². The number of nitrogens with zero attached hydrogens (tertiary/aromatic N) is 2. The highest BCUT2D eigenvalue weighted by Crippen LogP contribution is 2.23. The largest absolute Gasteiger partial charge is 0.330 e. The van der Waals surface area contributed by atoms with Gasteiger partial charge in [0.25, 0.3) is 0 Å². The number of fused-ring (bicyclic) bond motifs is 1. The maximum atomic E-state index is 12.7. The maximum absolute atomic E-state index is 12.7. The molecule has 3 rings (SSSR count). The van der Waals surface area contributed by atoms with Crippen molar-refractivity contribution >= 4 is 20.9 Å². The van der Waals surface area contributed by atoms with Gasteiger partial charge in [0, 0.05) is 12.3 Å². The molecule has 1 aromatic heterocycles. The molecule has 0 spiro atoms. The Morgan fingerprint density at radius 1 is 1.19 bits per heavy atom. The second-order valence-corrected chi connectivity index (χ2v) is 7.72. The molecule has 1 saturated heterocycles. The van der Waals surface area contributed by atoms with Crippen LogP contribution in [0.3, 0.4) is 0 Å². The molecule has 2 aromatic rings. The Kier molecular flexibility index (Phi) is 3.62. The van der Waals surface area contributed by atoms with Crippen LogP contribution in [0, 0.1) is 0 Å². The summed E-state index contributed by atoms with van der Waals surface area (Å²) in [5.74, 6) is -0.273. The van der Waals surface area contributed by atoms with Gasteiger partial charge in [-0.25, -0.2) is 13.2 Å². The number of hydrogen-bond donors (Lipinski definition) is 1. The lowest BCUT2D eigenvalue weighted by Crippen LogP contribution is -2.35. The molecule has 7 heteroatoms. The summed E-state index contributed by atoms with van der Waals surface area (Å²) >= 11 is 0. The molecule has 0 unspecified atom stereocenters. The van der Waals surface area contributed by atoms with Gasteiger partial charge in [0.05, 0.1) is 11.0 Å². The van der Waals surface area contributed by atoms with Gasteiger partial charge >= 0.3 is 5.69 Å². The van der Waals surface area contributed by atoms with E-state index in [0.29, 0.717) is 5.52 Å². The summed E-state index contributed by atoms with van der Waals surface area (Å²) in [6, 6.07) is 7.53. The quantitative estimate of drug-likeness (QED) is 0.907. The number of rotatable bonds is 3. The third kappa shape index (κ3) is 2.75. The number of benzene rings is 1. The van der Waals surface area contributed by atoms with Crippen molar-refractivity contribution in [3.05, 3.63) is 34.7 Å². The number of piperidine rings is 1. The Bertz CT molecular complexity index is 814. The van der Waals surface area contributed by atoms with Crippen molar-refractivity contribution in [1.29, 1.82) is 0 Å². The fourth-order valence-electron chi connectivity index (χ4n) is 3.01. The second kappa shape index (κ2) is 5.31. The molecule has 1 aromatic carbocycles. The zero-order valence-corrected chi connectivity index (χ0v) is 12.8. The van der Waals surface area contributed by atoms with Crippen molar-refractivity contribution in [3.63, 3.8) is 0 Å². The lowest BCUT2D eigenvalue weighted by atomic mass is 10.1. The molecule has 6 nitrogen and oxygen atoms in total. The molecule has 1 aliphatic rings. The molecule has 0 atom stereocenters. The Hall–Kier alpha value is -1.60. The molecule has 1 N–H and O–H groups in total. The summed E-state index contributed by atoms with van der Waals surface area (Å²) in [5, 5.41) is 3.28. The smallest absolute Gasteiger partial charge is 0.317 e. The van der Waals surface area contributed by atoms with Crippen molar-refractivity contribution in [1.82, 2.24) is 14.5 Å². The van der Waals surface area contributed by atoms with Gasteiger partial charge in [-0.1, -0.05) is 12.1 Å². The van der Waals surface area contributed by atoms with Crippen LogP contribution in [0.2, 0.25) is 0 Å². The van der Waals surface area contributed by atoms with Crippen molar-refractivity contribution < 1.29 is 8.42 Å². The van der Waals surface area contributed by atoms with Crippen LogP contribution in [0.5, 0.6) is 0 Å². The van der Waals surface area contributed by atoms with Crippen LogP contribution in [0.1, 0.15) is 18.9 Å². The van der Waals surface area contributed by atoms with Gasteiger partial charge in [0.2, 0.25) is 0 Å². The summed E-state index contributed by atoms with van der Waals surface area (Å²) < 4.78 is 26.3. The molecule has 2 heterocycles. The van der Waals surface area contributed by atoms with Crippen LogP contribution in [0.25, 0.3) is 11.0 Å². The SMILES string of the molecule is CS(=O)(=O)Cn1c(=O)n(C2CCNCC2)c2ccccc21. The van der Waals surface area contributed by atoms with E-state index in [9.17, 15) is 13.2 Å². The van der Waals surface area contributed by atoms with Gasteiger partial charge in [-0.2, -0.15) is 0 Å². The van der Waals surface area contributed by atoms with Gasteiger partial charge in [-0.3, -0.25) is 9.13 Å². The van der Waals surface area contributed by atoms with E-state index in [1.807, 2.05) is 18.2 Å². The van der Waals surface area contributed by atoms with E-state index in [-0.39, 0.29) is 17.6 Å². The highest BCUT2D eigenvalue weighted by atomic mass is 32.2. The minimum Gasteiger partial charge on any atom is -0.317 e. The van der Waals surface area contributed by atoms with Crippen molar-refractivity contribution in [2.45, 2.75) is 24.8 Å². The Morgan fingerprint density at radius 2 is 1.81 bits per heavy atom. The fraction of sp³-hybridized carbons (Fsp3) is 0.500. The Balaban J connectivity index is 2.20. The van der Waals surface area contributed by atoms with Crippen LogP contribution < -0.4 is 11.0 Å². The van der Waals surface area contributed by atoms with Crippen LogP contribution in [-0.2, 0) is 15.7 Å². The Labute approximate surface area is 123 Å². The molecular formula is C14H19N3O3S. The second-order valence-electron chi connectivity index (χ2n) is 5.61. The number of imidazole rings is 1. The third-order valence-corrected chi connectivity index (χ3v) is 4.63. The highest BCUT2D eigenvalue weighted by Gasteiger charge is 2.23. The molecule has 0 saturated carbocycles. The first kappa shape index (κ1) is 14.3. The van der Waals surface area contributed by atoms with E-state index in [1.54, 1.807) is 10.6 Å². The zero-order chi connectivity index (χ0) is 15.0. The number of sulfone groups is 1. The molecule has 114 valence electrons. The molecule has 0 bridgehead atoms. The first-order chi connectivity index (χ1) is 9.97. The fourth-order valence-corrected chi connectivity index (χ4v) is 3.73. The standard InChI is InChI=1S/C14H19N3O3S/c1-21(19,20)10-16-12-4-2-3-5-13(12)17(14(16)18)11-6-8-15-9-7-11/h2-5,11,15H,6-10H2,1H3. The van der Waals surface area contributed by atoms with E-state index >= 15 is 0 Å². The highest BCUT2D eigenvalue weighted by molar-refractivity contribution is 7.89. The average Bonchev–Trinajstić information content (AvgIpc) is 2.71. The van der Waals surface area contributed by atoms with Gasteiger partial charge in [-0.05, 0) is 38.1 Å². The van der Waals surface area contributed by atoms with E-state index in [2.05, 4.69) is 5.32 Å². The van der Waals surface area contributed by atoms with Crippen LogP contribution >= 0.6 is 0 Å². The van der Waals surface area contributed by atoms with Gasteiger partial charge in [0.1, 0.15) is 5.88 Å². The first-order valence-electron chi connectivity index (χ1n) is 7.05. The number of aromatic nitrogens is 2. The lowest BCUT2D eigenvalue weighted by Gasteiger charge is -2.23. The van der Waals surface area contributed by atoms with Crippen molar-refractivity contribution in [3.8, 4) is 0 Å². The molecule has 21 heavy (non-hydrogen) atoms. The summed E-state index contributed by atoms with van der Waals surface area (Å²) in [6.45, 7) is 1.76. The van der Waals surface area contributed by atoms with E-state index < -0.39 is 9.84 Å². The normalized spacial score (nSPS) is 17.4. The molecule has 1 aliphatic heterocycles. The van der Waals surface area contributed by atoms with Crippen molar-refractivity contribution in [2.75, 3.05) is 19.3 Å². The topological polar surface area (TPSA) is 73.1 Å².